The number of rotatable bonds is 3. The van der Waals surface area contributed by atoms with Crippen LogP contribution in [-0.2, 0) is 14.6 Å². The minimum Gasteiger partial charge on any atom is -0.379 e. The lowest BCUT2D eigenvalue weighted by molar-refractivity contribution is 0.0930. The molecule has 2 saturated heterocycles. The highest BCUT2D eigenvalue weighted by molar-refractivity contribution is 7.91. The molecular formula is C15H20N2O4S. The van der Waals surface area contributed by atoms with Gasteiger partial charge in [-0.1, -0.05) is 12.1 Å². The van der Waals surface area contributed by atoms with Gasteiger partial charge in [-0.3, -0.25) is 4.79 Å². The molecule has 2 heterocycles. The van der Waals surface area contributed by atoms with Crippen LogP contribution in [0, 0.1) is 0 Å². The number of sulfone groups is 1. The van der Waals surface area contributed by atoms with E-state index in [-0.39, 0.29) is 23.5 Å². The highest BCUT2D eigenvalue weighted by Gasteiger charge is 2.26. The molecule has 0 spiro atoms. The summed E-state index contributed by atoms with van der Waals surface area (Å²) in [6.07, 6.45) is 0.829. The molecule has 1 aromatic carbocycles. The molecule has 6 nitrogen and oxygen atoms in total. The maximum atomic E-state index is 12.5. The number of anilines is 1. The van der Waals surface area contributed by atoms with E-state index in [2.05, 4.69) is 5.32 Å². The van der Waals surface area contributed by atoms with E-state index in [1.54, 1.807) is 6.07 Å². The lowest BCUT2D eigenvalue weighted by Gasteiger charge is -2.30. The Kier molecular flexibility index (Phi) is 4.35. The van der Waals surface area contributed by atoms with E-state index in [4.69, 9.17) is 4.74 Å². The molecule has 0 unspecified atom stereocenters. The van der Waals surface area contributed by atoms with Crippen LogP contribution in [0.1, 0.15) is 16.8 Å². The molecule has 2 aliphatic heterocycles. The summed E-state index contributed by atoms with van der Waals surface area (Å²) in [7, 11) is -2.93. The molecule has 1 atom stereocenters. The van der Waals surface area contributed by atoms with Crippen LogP contribution in [0.5, 0.6) is 0 Å². The normalized spacial score (nSPS) is 24.2. The Balaban J connectivity index is 1.76. The third-order valence-electron chi connectivity index (χ3n) is 4.10. The van der Waals surface area contributed by atoms with Crippen molar-refractivity contribution in [1.29, 1.82) is 0 Å². The van der Waals surface area contributed by atoms with Crippen LogP contribution < -0.4 is 10.2 Å². The highest BCUT2D eigenvalue weighted by Crippen LogP contribution is 2.22. The number of hydrogen-bond acceptors (Lipinski definition) is 5. The Labute approximate surface area is 130 Å². The van der Waals surface area contributed by atoms with Gasteiger partial charge >= 0.3 is 0 Å². The molecule has 2 fully saturated rings. The van der Waals surface area contributed by atoms with Crippen molar-refractivity contribution in [1.82, 2.24) is 5.32 Å². The van der Waals surface area contributed by atoms with Crippen LogP contribution in [0.15, 0.2) is 24.3 Å². The molecular weight excluding hydrogens is 304 g/mol. The summed E-state index contributed by atoms with van der Waals surface area (Å²) in [4.78, 5) is 14.5. The van der Waals surface area contributed by atoms with Gasteiger partial charge in [0.05, 0.1) is 29.7 Å². The zero-order chi connectivity index (χ0) is 15.6. The zero-order valence-electron chi connectivity index (χ0n) is 12.3. The summed E-state index contributed by atoms with van der Waals surface area (Å²) in [5, 5.41) is 2.98. The van der Waals surface area contributed by atoms with Crippen molar-refractivity contribution in [3.63, 3.8) is 0 Å². The molecule has 7 heteroatoms. The summed E-state index contributed by atoms with van der Waals surface area (Å²) >= 11 is 0. The van der Waals surface area contributed by atoms with Crippen molar-refractivity contribution < 1.29 is 17.9 Å². The molecule has 1 aromatic rings. The predicted molar refractivity (Wildman–Crippen MR) is 84.0 cm³/mol. The Morgan fingerprint density at radius 2 is 1.95 bits per heavy atom. The van der Waals surface area contributed by atoms with Gasteiger partial charge < -0.3 is 15.0 Å². The van der Waals surface area contributed by atoms with E-state index in [9.17, 15) is 13.2 Å². The molecule has 1 amide bonds. The van der Waals surface area contributed by atoms with Gasteiger partial charge in [0, 0.05) is 25.4 Å². The maximum Gasteiger partial charge on any atom is 0.253 e. The minimum absolute atomic E-state index is 0.0577. The number of carbonyl (C=O) groups excluding carboxylic acids is 1. The zero-order valence-corrected chi connectivity index (χ0v) is 13.1. The van der Waals surface area contributed by atoms with Crippen LogP contribution in [0.2, 0.25) is 0 Å². The van der Waals surface area contributed by atoms with E-state index in [1.807, 2.05) is 23.1 Å². The number of nitrogens with one attached hydrogen (secondary N) is 1. The van der Waals surface area contributed by atoms with Gasteiger partial charge in [-0.15, -0.1) is 0 Å². The monoisotopic (exact) mass is 324 g/mol. The number of ether oxygens (including phenoxy) is 1. The largest absolute Gasteiger partial charge is 0.379 e. The lowest BCUT2D eigenvalue weighted by atomic mass is 10.1. The van der Waals surface area contributed by atoms with Gasteiger partial charge in [-0.2, -0.15) is 0 Å². The molecule has 120 valence electrons. The first-order valence-corrected chi connectivity index (χ1v) is 9.30. The topological polar surface area (TPSA) is 75.7 Å². The molecule has 3 rings (SSSR count). The van der Waals surface area contributed by atoms with Crippen molar-refractivity contribution in [2.45, 2.75) is 12.5 Å². The third-order valence-corrected chi connectivity index (χ3v) is 5.71. The number of amides is 1. The van der Waals surface area contributed by atoms with Gasteiger partial charge in [0.1, 0.15) is 0 Å². The number of hydrogen-bond donors (Lipinski definition) is 1. The van der Waals surface area contributed by atoms with Crippen LogP contribution >= 0.6 is 0 Å². The van der Waals surface area contributed by atoms with Gasteiger partial charge in [-0.25, -0.2) is 8.42 Å². The quantitative estimate of drug-likeness (QED) is 0.873. The van der Waals surface area contributed by atoms with E-state index < -0.39 is 9.84 Å². The second kappa shape index (κ2) is 6.26. The predicted octanol–water partition coefficient (Wildman–Crippen LogP) is 0.440. The first-order chi connectivity index (χ1) is 10.6. The lowest BCUT2D eigenvalue weighted by Crippen LogP contribution is -2.42. The molecule has 2 aliphatic rings. The Hall–Kier alpha value is -1.60. The SMILES string of the molecule is O=C(N[C@@H]1CCOC1)c1ccccc1N1CCS(=O)(=O)CC1. The van der Waals surface area contributed by atoms with Gasteiger partial charge in [-0.05, 0) is 18.6 Å². The van der Waals surface area contributed by atoms with Gasteiger partial charge in [0.15, 0.2) is 9.84 Å². The Morgan fingerprint density at radius 1 is 1.23 bits per heavy atom. The summed E-state index contributed by atoms with van der Waals surface area (Å²) in [6.45, 7) is 2.09. The van der Waals surface area contributed by atoms with E-state index in [0.717, 1.165) is 12.1 Å². The fourth-order valence-electron chi connectivity index (χ4n) is 2.81. The second-order valence-electron chi connectivity index (χ2n) is 5.69. The fourth-order valence-corrected chi connectivity index (χ4v) is 4.01. The summed E-state index contributed by atoms with van der Waals surface area (Å²) < 4.78 is 28.4. The van der Waals surface area contributed by atoms with Crippen molar-refractivity contribution >= 4 is 21.4 Å². The van der Waals surface area contributed by atoms with Crippen molar-refractivity contribution in [3.8, 4) is 0 Å². The number of para-hydroxylation sites is 1. The van der Waals surface area contributed by atoms with Crippen molar-refractivity contribution in [2.75, 3.05) is 42.7 Å². The third kappa shape index (κ3) is 3.41. The molecule has 0 radical (unpaired) electrons. The minimum atomic E-state index is -2.93. The number of nitrogens with zero attached hydrogens (tertiary/aromatic N) is 1. The molecule has 0 saturated carbocycles. The van der Waals surface area contributed by atoms with Gasteiger partial charge in [0.2, 0.25) is 0 Å². The van der Waals surface area contributed by atoms with Crippen LogP contribution in [0.3, 0.4) is 0 Å². The molecule has 22 heavy (non-hydrogen) atoms. The summed E-state index contributed by atoms with van der Waals surface area (Å²) in [5.74, 6) is 0.151. The summed E-state index contributed by atoms with van der Waals surface area (Å²) in [6, 6.07) is 7.40. The Bertz CT molecular complexity index is 639. The van der Waals surface area contributed by atoms with E-state index in [0.29, 0.717) is 31.9 Å². The number of benzene rings is 1. The first kappa shape index (κ1) is 15.3. The Morgan fingerprint density at radius 3 is 2.64 bits per heavy atom. The summed E-state index contributed by atoms with van der Waals surface area (Å²) in [5.41, 5.74) is 1.39. The standard InChI is InChI=1S/C15H20N2O4S/c18-15(16-12-5-8-21-11-12)13-3-1-2-4-14(13)17-6-9-22(19,20)10-7-17/h1-4,12H,5-11H2,(H,16,18)/t12-/m1/s1. The number of carbonyl (C=O) groups is 1. The average Bonchev–Trinajstić information content (AvgIpc) is 3.00. The molecule has 0 aliphatic carbocycles. The van der Waals surface area contributed by atoms with Crippen LogP contribution in [-0.4, -0.2) is 58.2 Å². The van der Waals surface area contributed by atoms with E-state index in [1.165, 1.54) is 0 Å². The first-order valence-electron chi connectivity index (χ1n) is 7.48. The van der Waals surface area contributed by atoms with E-state index >= 15 is 0 Å². The molecule has 1 N–H and O–H groups in total. The second-order valence-corrected chi connectivity index (χ2v) is 7.99. The highest BCUT2D eigenvalue weighted by atomic mass is 32.2. The molecule has 0 aromatic heterocycles. The van der Waals surface area contributed by atoms with Gasteiger partial charge in [0.25, 0.3) is 5.91 Å². The molecule has 0 bridgehead atoms. The van der Waals surface area contributed by atoms with Crippen LogP contribution in [0.4, 0.5) is 5.69 Å². The van der Waals surface area contributed by atoms with Crippen LogP contribution in [0.25, 0.3) is 0 Å². The van der Waals surface area contributed by atoms with Crippen molar-refractivity contribution in [3.05, 3.63) is 29.8 Å². The van der Waals surface area contributed by atoms with Crippen molar-refractivity contribution in [2.24, 2.45) is 0 Å². The maximum absolute atomic E-state index is 12.5. The smallest absolute Gasteiger partial charge is 0.253 e. The average molecular weight is 324 g/mol. The fraction of sp³-hybridized carbons (Fsp3) is 0.533.